The molecule has 1 heterocycles. The number of hydrogen-bond acceptors (Lipinski definition) is 4. The first kappa shape index (κ1) is 12.4. The van der Waals surface area contributed by atoms with Crippen LogP contribution in [0.15, 0.2) is 18.2 Å². The predicted molar refractivity (Wildman–Crippen MR) is 64.7 cm³/mol. The summed E-state index contributed by atoms with van der Waals surface area (Å²) in [7, 11) is 3.04. The average Bonchev–Trinajstić information content (AvgIpc) is 2.35. The minimum Gasteiger partial charge on any atom is -0.437 e. The van der Waals surface area contributed by atoms with E-state index in [-0.39, 0.29) is 11.9 Å². The molecule has 2 rings (SSSR count). The lowest BCUT2D eigenvalue weighted by molar-refractivity contribution is 0.0721. The van der Waals surface area contributed by atoms with E-state index in [4.69, 9.17) is 4.74 Å². The van der Waals surface area contributed by atoms with Crippen molar-refractivity contribution >= 4 is 12.1 Å². The second-order valence-electron chi connectivity index (χ2n) is 4.34. The summed E-state index contributed by atoms with van der Waals surface area (Å²) in [6.45, 7) is 1.98. The van der Waals surface area contributed by atoms with Gasteiger partial charge in [0.2, 0.25) is 0 Å². The molecule has 18 heavy (non-hydrogen) atoms. The van der Waals surface area contributed by atoms with Gasteiger partial charge in [-0.1, -0.05) is 0 Å². The van der Waals surface area contributed by atoms with Gasteiger partial charge in [-0.2, -0.15) is 0 Å². The fraction of sp³-hybridized carbons (Fsp3) is 0.385. The molecule has 0 bridgehead atoms. The lowest BCUT2D eigenvalue weighted by Gasteiger charge is -2.31. The Balaban J connectivity index is 2.30. The highest BCUT2D eigenvalue weighted by atomic mass is 16.7. The molecule has 0 saturated heterocycles. The third-order valence-electron chi connectivity index (χ3n) is 3.17. The molecule has 0 unspecified atom stereocenters. The molecule has 5 nitrogen and oxygen atoms in total. The summed E-state index contributed by atoms with van der Waals surface area (Å²) in [6.07, 6.45) is -0.0158. The van der Waals surface area contributed by atoms with Crippen molar-refractivity contribution in [2.75, 3.05) is 14.2 Å². The number of hydrogen-bond donors (Lipinski definition) is 0. The van der Waals surface area contributed by atoms with Gasteiger partial charge in [-0.05, 0) is 37.1 Å². The van der Waals surface area contributed by atoms with Crippen LogP contribution in [-0.4, -0.2) is 37.2 Å². The van der Waals surface area contributed by atoms with Crippen LogP contribution in [0.4, 0.5) is 4.79 Å². The van der Waals surface area contributed by atoms with Crippen molar-refractivity contribution in [3.8, 4) is 5.75 Å². The van der Waals surface area contributed by atoms with Crippen molar-refractivity contribution in [1.29, 1.82) is 0 Å². The molecule has 1 aromatic rings. The van der Waals surface area contributed by atoms with Gasteiger partial charge in [0.15, 0.2) is 0 Å². The summed E-state index contributed by atoms with van der Waals surface area (Å²) in [5.41, 5.74) is 1.56. The summed E-state index contributed by atoms with van der Waals surface area (Å²) in [4.78, 5) is 24.7. The van der Waals surface area contributed by atoms with Gasteiger partial charge in [-0.25, -0.2) is 4.79 Å². The van der Waals surface area contributed by atoms with Crippen LogP contribution in [-0.2, 0) is 11.2 Å². The fourth-order valence-corrected chi connectivity index (χ4v) is 1.99. The molecule has 1 aliphatic rings. The van der Waals surface area contributed by atoms with Crippen LogP contribution < -0.4 is 4.74 Å². The normalized spacial score (nSPS) is 18.3. The molecule has 0 spiro atoms. The number of nitrogens with zero attached hydrogens (tertiary/aromatic N) is 1. The topological polar surface area (TPSA) is 55.8 Å². The number of methoxy groups -OCH3 is 1. The van der Waals surface area contributed by atoms with Gasteiger partial charge in [-0.15, -0.1) is 0 Å². The lowest BCUT2D eigenvalue weighted by atomic mass is 9.94. The summed E-state index contributed by atoms with van der Waals surface area (Å²) < 4.78 is 9.36. The van der Waals surface area contributed by atoms with Crippen LogP contribution in [0.1, 0.15) is 22.8 Å². The maximum Gasteiger partial charge on any atom is 0.513 e. The van der Waals surface area contributed by atoms with Crippen molar-refractivity contribution in [2.45, 2.75) is 19.4 Å². The Bertz CT molecular complexity index is 498. The van der Waals surface area contributed by atoms with E-state index in [9.17, 15) is 9.59 Å². The molecule has 96 valence electrons. The zero-order valence-corrected chi connectivity index (χ0v) is 10.6. The highest BCUT2D eigenvalue weighted by Crippen LogP contribution is 2.26. The summed E-state index contributed by atoms with van der Waals surface area (Å²) in [6, 6.07) is 5.13. The number of likely N-dealkylation sites (N-methyl/N-ethyl adjacent to an activating group) is 1. The number of carbonyl (C=O) groups is 2. The van der Waals surface area contributed by atoms with E-state index in [1.807, 2.05) is 6.92 Å². The van der Waals surface area contributed by atoms with E-state index in [1.54, 1.807) is 30.1 Å². The molecule has 1 aliphatic heterocycles. The Kier molecular flexibility index (Phi) is 3.23. The number of ether oxygens (including phenoxy) is 2. The minimum absolute atomic E-state index is 0.00614. The van der Waals surface area contributed by atoms with Gasteiger partial charge < -0.3 is 14.4 Å². The summed E-state index contributed by atoms with van der Waals surface area (Å²) >= 11 is 0. The molecule has 0 fully saturated rings. The third-order valence-corrected chi connectivity index (χ3v) is 3.17. The van der Waals surface area contributed by atoms with Gasteiger partial charge in [0.25, 0.3) is 5.91 Å². The third kappa shape index (κ3) is 2.16. The van der Waals surface area contributed by atoms with Crippen molar-refractivity contribution < 1.29 is 19.1 Å². The van der Waals surface area contributed by atoms with E-state index < -0.39 is 6.16 Å². The second-order valence-corrected chi connectivity index (χ2v) is 4.34. The summed E-state index contributed by atoms with van der Waals surface area (Å²) in [5.74, 6) is 0.388. The number of carbonyl (C=O) groups excluding carboxylic acids is 2. The molecule has 0 radical (unpaired) electrons. The maximum absolute atomic E-state index is 12.0. The summed E-state index contributed by atoms with van der Waals surface area (Å²) in [5, 5.41) is 0. The molecule has 0 saturated carbocycles. The van der Waals surface area contributed by atoms with Crippen LogP contribution in [0.2, 0.25) is 0 Å². The van der Waals surface area contributed by atoms with E-state index in [2.05, 4.69) is 4.74 Å². The molecule has 1 aromatic carbocycles. The maximum atomic E-state index is 12.0. The van der Waals surface area contributed by atoms with Crippen LogP contribution in [0, 0.1) is 0 Å². The lowest BCUT2D eigenvalue weighted by Crippen LogP contribution is -2.41. The fourth-order valence-electron chi connectivity index (χ4n) is 1.99. The Labute approximate surface area is 105 Å². The molecular weight excluding hydrogens is 234 g/mol. The molecule has 0 aliphatic carbocycles. The van der Waals surface area contributed by atoms with Gasteiger partial charge in [0, 0.05) is 18.7 Å². The number of benzene rings is 1. The van der Waals surface area contributed by atoms with Crippen LogP contribution in [0.5, 0.6) is 5.75 Å². The van der Waals surface area contributed by atoms with Crippen molar-refractivity contribution in [1.82, 2.24) is 4.90 Å². The molecule has 5 heteroatoms. The highest BCUT2D eigenvalue weighted by molar-refractivity contribution is 5.97. The first-order chi connectivity index (χ1) is 8.52. The Morgan fingerprint density at radius 1 is 1.44 bits per heavy atom. The van der Waals surface area contributed by atoms with Gasteiger partial charge in [-0.3, -0.25) is 4.79 Å². The quantitative estimate of drug-likeness (QED) is 0.563. The van der Waals surface area contributed by atoms with Gasteiger partial charge >= 0.3 is 6.16 Å². The zero-order chi connectivity index (χ0) is 13.3. The average molecular weight is 249 g/mol. The Morgan fingerprint density at radius 2 is 2.17 bits per heavy atom. The van der Waals surface area contributed by atoms with E-state index >= 15 is 0 Å². The second kappa shape index (κ2) is 4.68. The molecule has 0 aromatic heterocycles. The minimum atomic E-state index is -0.762. The molecule has 1 amide bonds. The zero-order valence-electron chi connectivity index (χ0n) is 10.6. The number of rotatable bonds is 1. The van der Waals surface area contributed by atoms with Crippen LogP contribution >= 0.6 is 0 Å². The van der Waals surface area contributed by atoms with E-state index in [0.717, 1.165) is 12.0 Å². The standard InChI is InChI=1S/C13H15NO4/c1-8-6-9-7-10(18-13(16)17-3)4-5-11(9)12(15)14(8)2/h4-5,7-8H,6H2,1-3H3/t8-/m1/s1. The van der Waals surface area contributed by atoms with Crippen molar-refractivity contribution in [3.63, 3.8) is 0 Å². The van der Waals surface area contributed by atoms with E-state index in [0.29, 0.717) is 11.3 Å². The highest BCUT2D eigenvalue weighted by Gasteiger charge is 2.27. The Morgan fingerprint density at radius 3 is 2.83 bits per heavy atom. The van der Waals surface area contributed by atoms with Crippen molar-refractivity contribution in [2.24, 2.45) is 0 Å². The van der Waals surface area contributed by atoms with Gasteiger partial charge in [0.1, 0.15) is 5.75 Å². The monoisotopic (exact) mass is 249 g/mol. The van der Waals surface area contributed by atoms with Gasteiger partial charge in [0.05, 0.1) is 7.11 Å². The predicted octanol–water partition coefficient (Wildman–Crippen LogP) is 1.85. The van der Waals surface area contributed by atoms with Crippen molar-refractivity contribution in [3.05, 3.63) is 29.3 Å². The van der Waals surface area contributed by atoms with Crippen LogP contribution in [0.3, 0.4) is 0 Å². The SMILES string of the molecule is COC(=O)Oc1ccc2c(c1)C[C@@H](C)N(C)C2=O. The van der Waals surface area contributed by atoms with E-state index in [1.165, 1.54) is 7.11 Å². The number of fused-ring (bicyclic) bond motifs is 1. The molecular formula is C13H15NO4. The Hall–Kier alpha value is -2.04. The first-order valence-corrected chi connectivity index (χ1v) is 5.69. The number of amides is 1. The molecule has 1 atom stereocenters. The smallest absolute Gasteiger partial charge is 0.437 e. The first-order valence-electron chi connectivity index (χ1n) is 5.69. The largest absolute Gasteiger partial charge is 0.513 e. The molecule has 0 N–H and O–H groups in total. The van der Waals surface area contributed by atoms with Crippen LogP contribution in [0.25, 0.3) is 0 Å².